The zero-order chi connectivity index (χ0) is 19.1. The van der Waals surface area contributed by atoms with E-state index in [9.17, 15) is 9.18 Å². The number of halogens is 1. The first-order valence-electron chi connectivity index (χ1n) is 8.60. The number of amides is 1. The second-order valence-corrected chi connectivity index (χ2v) is 7.25. The van der Waals surface area contributed by atoms with E-state index in [-0.39, 0.29) is 18.1 Å². The number of rotatable bonds is 4. The van der Waals surface area contributed by atoms with Gasteiger partial charge in [-0.2, -0.15) is 5.10 Å². The Bertz CT molecular complexity index is 1300. The highest BCUT2D eigenvalue weighted by Crippen LogP contribution is 2.24. The fraction of sp³-hybridized carbons (Fsp3) is 0.0500. The first kappa shape index (κ1) is 16.6. The summed E-state index contributed by atoms with van der Waals surface area (Å²) in [4.78, 5) is 17.9. The smallest absolute Gasteiger partial charge is 0.230 e. The number of aromatic amines is 1. The van der Waals surface area contributed by atoms with Crippen LogP contribution in [-0.2, 0) is 11.2 Å². The summed E-state index contributed by atoms with van der Waals surface area (Å²) in [7, 11) is 0. The lowest BCUT2D eigenvalue weighted by atomic mass is 10.2. The van der Waals surface area contributed by atoms with Crippen LogP contribution < -0.4 is 5.32 Å². The van der Waals surface area contributed by atoms with Crippen LogP contribution in [0.3, 0.4) is 0 Å². The van der Waals surface area contributed by atoms with Gasteiger partial charge in [0, 0.05) is 33.9 Å². The van der Waals surface area contributed by atoms with Gasteiger partial charge in [0.1, 0.15) is 5.82 Å². The highest BCUT2D eigenvalue weighted by atomic mass is 32.1. The third-order valence-electron chi connectivity index (χ3n) is 4.49. The lowest BCUT2D eigenvalue weighted by molar-refractivity contribution is -0.115. The Labute approximate surface area is 162 Å². The van der Waals surface area contributed by atoms with E-state index in [0.29, 0.717) is 5.69 Å². The van der Waals surface area contributed by atoms with E-state index in [1.165, 1.54) is 23.5 Å². The van der Waals surface area contributed by atoms with E-state index in [1.54, 1.807) is 18.3 Å². The number of thiazole rings is 1. The second-order valence-electron chi connectivity index (χ2n) is 6.41. The topological polar surface area (TPSA) is 75.1 Å². The van der Waals surface area contributed by atoms with E-state index in [4.69, 9.17) is 0 Å². The molecule has 1 amide bonds. The zero-order valence-corrected chi connectivity index (χ0v) is 15.3. The molecule has 0 fully saturated rings. The molecule has 0 unspecified atom stereocenters. The molecule has 0 saturated carbocycles. The van der Waals surface area contributed by atoms with Crippen molar-refractivity contribution in [3.05, 3.63) is 71.7 Å². The monoisotopic (exact) mass is 391 g/mol. The number of anilines is 1. The minimum absolute atomic E-state index is 0.115. The molecule has 28 heavy (non-hydrogen) atoms. The van der Waals surface area contributed by atoms with Crippen LogP contribution in [0, 0.1) is 5.82 Å². The second kappa shape index (κ2) is 6.58. The highest BCUT2D eigenvalue weighted by Gasteiger charge is 2.13. The van der Waals surface area contributed by atoms with Gasteiger partial charge >= 0.3 is 0 Å². The molecule has 0 radical (unpaired) electrons. The van der Waals surface area contributed by atoms with Crippen molar-refractivity contribution in [2.75, 3.05) is 5.32 Å². The number of nitrogens with one attached hydrogen (secondary N) is 2. The summed E-state index contributed by atoms with van der Waals surface area (Å²) in [5.41, 5.74) is 4.01. The van der Waals surface area contributed by atoms with Gasteiger partial charge < -0.3 is 5.32 Å². The van der Waals surface area contributed by atoms with Gasteiger partial charge in [-0.25, -0.2) is 9.37 Å². The van der Waals surface area contributed by atoms with Crippen molar-refractivity contribution in [2.45, 2.75) is 6.42 Å². The molecule has 3 heterocycles. The third kappa shape index (κ3) is 3.03. The summed E-state index contributed by atoms with van der Waals surface area (Å²) in [6.07, 6.45) is 3.83. The molecule has 0 atom stereocenters. The number of fused-ring (bicyclic) bond motifs is 2. The van der Waals surface area contributed by atoms with Gasteiger partial charge in [0.15, 0.2) is 4.96 Å². The number of hydrogen-bond donors (Lipinski definition) is 2. The number of benzene rings is 2. The molecule has 138 valence electrons. The number of H-pyrrole nitrogens is 1. The van der Waals surface area contributed by atoms with Crippen LogP contribution in [0.25, 0.3) is 27.1 Å². The van der Waals surface area contributed by atoms with Crippen molar-refractivity contribution in [3.8, 4) is 11.3 Å². The Kier molecular flexibility index (Phi) is 3.91. The Balaban J connectivity index is 1.36. The lowest BCUT2D eigenvalue weighted by Crippen LogP contribution is -2.15. The molecule has 0 aliphatic rings. The van der Waals surface area contributed by atoms with Gasteiger partial charge in [0.25, 0.3) is 0 Å². The van der Waals surface area contributed by atoms with E-state index in [2.05, 4.69) is 20.5 Å². The number of carbonyl (C=O) groups excluding carboxylic acids is 1. The Morgan fingerprint density at radius 2 is 2.07 bits per heavy atom. The van der Waals surface area contributed by atoms with Crippen LogP contribution in [0.1, 0.15) is 5.69 Å². The summed E-state index contributed by atoms with van der Waals surface area (Å²) in [6, 6.07) is 11.8. The summed E-state index contributed by atoms with van der Waals surface area (Å²) < 4.78 is 15.0. The molecule has 0 spiro atoms. The van der Waals surface area contributed by atoms with Gasteiger partial charge in [-0.05, 0) is 42.5 Å². The van der Waals surface area contributed by atoms with Crippen molar-refractivity contribution in [3.63, 3.8) is 0 Å². The summed E-state index contributed by atoms with van der Waals surface area (Å²) in [5.74, 6) is -0.397. The van der Waals surface area contributed by atoms with E-state index >= 15 is 0 Å². The van der Waals surface area contributed by atoms with Crippen molar-refractivity contribution in [2.24, 2.45) is 0 Å². The fourth-order valence-electron chi connectivity index (χ4n) is 3.10. The number of carbonyl (C=O) groups is 1. The largest absolute Gasteiger partial charge is 0.326 e. The van der Waals surface area contributed by atoms with Crippen LogP contribution in [0.2, 0.25) is 0 Å². The Hall–Kier alpha value is -3.52. The van der Waals surface area contributed by atoms with E-state index in [1.807, 2.05) is 34.2 Å². The van der Waals surface area contributed by atoms with Crippen LogP contribution in [0.15, 0.2) is 60.2 Å². The molecule has 5 rings (SSSR count). The molecular formula is C20H14FN5OS. The maximum Gasteiger partial charge on any atom is 0.230 e. The molecule has 0 saturated heterocycles. The van der Waals surface area contributed by atoms with Crippen LogP contribution in [-0.4, -0.2) is 25.5 Å². The Morgan fingerprint density at radius 3 is 2.93 bits per heavy atom. The van der Waals surface area contributed by atoms with Gasteiger partial charge in [0.05, 0.1) is 23.8 Å². The molecule has 2 N–H and O–H groups in total. The number of nitrogens with zero attached hydrogens (tertiary/aromatic N) is 3. The van der Waals surface area contributed by atoms with Crippen molar-refractivity contribution in [1.82, 2.24) is 19.6 Å². The van der Waals surface area contributed by atoms with E-state index in [0.717, 1.165) is 32.8 Å². The summed E-state index contributed by atoms with van der Waals surface area (Å²) >= 11 is 1.47. The van der Waals surface area contributed by atoms with Crippen molar-refractivity contribution < 1.29 is 9.18 Å². The third-order valence-corrected chi connectivity index (χ3v) is 5.38. The quantitative estimate of drug-likeness (QED) is 0.481. The number of hydrogen-bond acceptors (Lipinski definition) is 4. The molecule has 2 aromatic carbocycles. The van der Waals surface area contributed by atoms with Crippen LogP contribution in [0.4, 0.5) is 10.1 Å². The molecule has 6 nitrogen and oxygen atoms in total. The van der Waals surface area contributed by atoms with Crippen LogP contribution >= 0.6 is 11.3 Å². The maximum absolute atomic E-state index is 13.1. The minimum Gasteiger partial charge on any atom is -0.326 e. The standard InChI is InChI=1S/C20H14FN5OS/c21-14-4-1-12(2-5-14)18-10-26-16(11-28-20(26)24-18)8-19(27)23-15-6-3-13-9-22-25-17(13)7-15/h1-7,9-11H,8H2,(H,22,25)(H,23,27). The normalized spacial score (nSPS) is 11.3. The SMILES string of the molecule is O=C(Cc1csc2nc(-c3ccc(F)cc3)cn12)Nc1ccc2cn[nH]c2c1. The van der Waals surface area contributed by atoms with Gasteiger partial charge in [0.2, 0.25) is 5.91 Å². The first-order valence-corrected chi connectivity index (χ1v) is 9.48. The molecule has 0 aliphatic heterocycles. The average Bonchev–Trinajstić information content (AvgIpc) is 3.39. The lowest BCUT2D eigenvalue weighted by Gasteiger charge is -2.05. The summed E-state index contributed by atoms with van der Waals surface area (Å²) in [5, 5.41) is 12.7. The average molecular weight is 391 g/mol. The predicted molar refractivity (Wildman–Crippen MR) is 107 cm³/mol. The molecule has 8 heteroatoms. The highest BCUT2D eigenvalue weighted by molar-refractivity contribution is 7.15. The molecule has 0 aliphatic carbocycles. The Morgan fingerprint density at radius 1 is 1.21 bits per heavy atom. The van der Waals surface area contributed by atoms with Gasteiger partial charge in [-0.15, -0.1) is 11.3 Å². The molecule has 5 aromatic rings. The van der Waals surface area contributed by atoms with Gasteiger partial charge in [-0.3, -0.25) is 14.3 Å². The van der Waals surface area contributed by atoms with Crippen LogP contribution in [0.5, 0.6) is 0 Å². The van der Waals surface area contributed by atoms with Gasteiger partial charge in [-0.1, -0.05) is 0 Å². The molecule has 3 aromatic heterocycles. The summed E-state index contributed by atoms with van der Waals surface area (Å²) in [6.45, 7) is 0. The van der Waals surface area contributed by atoms with E-state index < -0.39 is 0 Å². The zero-order valence-electron chi connectivity index (χ0n) is 14.5. The minimum atomic E-state index is -0.282. The number of imidazole rings is 1. The first-order chi connectivity index (χ1) is 13.7. The maximum atomic E-state index is 13.1. The molecular weight excluding hydrogens is 377 g/mol. The van der Waals surface area contributed by atoms with Crippen molar-refractivity contribution in [1.29, 1.82) is 0 Å². The number of aromatic nitrogens is 4. The fourth-order valence-corrected chi connectivity index (χ4v) is 3.97. The molecule has 0 bridgehead atoms. The van der Waals surface area contributed by atoms with Crippen molar-refractivity contribution >= 4 is 38.8 Å². The predicted octanol–water partition coefficient (Wildman–Crippen LogP) is 4.26.